The Kier molecular flexibility index (Phi) is 4.65. The lowest BCUT2D eigenvalue weighted by molar-refractivity contribution is -0.120. The molecule has 1 amide bonds. The molecule has 142 valence electrons. The fraction of sp³-hybridized carbons (Fsp3) is 0.158. The summed E-state index contributed by atoms with van der Waals surface area (Å²) in [6.45, 7) is 1.20. The third kappa shape index (κ3) is 3.04. The molecule has 1 aliphatic rings. The molecule has 0 fully saturated rings. The predicted octanol–water partition coefficient (Wildman–Crippen LogP) is 5.65. The quantitative estimate of drug-likeness (QED) is 0.254. The molecule has 28 heavy (non-hydrogen) atoms. The number of carbonyl (C=O) groups excluding carboxylic acids is 1. The first-order chi connectivity index (χ1) is 13.5. The number of thiazole rings is 1. The number of nitrogens with zero attached hydrogens (tertiary/aromatic N) is 2. The third-order valence-corrected chi connectivity index (χ3v) is 7.08. The molecular formula is C19H13Cl2IN4OS. The van der Waals surface area contributed by atoms with Gasteiger partial charge in [-0.1, -0.05) is 34.5 Å². The molecule has 0 saturated carbocycles. The van der Waals surface area contributed by atoms with E-state index in [0.29, 0.717) is 23.1 Å². The van der Waals surface area contributed by atoms with E-state index in [4.69, 9.17) is 28.2 Å². The number of H-pyrrole nitrogens is 1. The zero-order chi connectivity index (χ0) is 19.4. The Morgan fingerprint density at radius 3 is 2.86 bits per heavy atom. The van der Waals surface area contributed by atoms with Gasteiger partial charge in [0.1, 0.15) is 0 Å². The van der Waals surface area contributed by atoms with Crippen LogP contribution in [0.5, 0.6) is 0 Å². The third-order valence-electron chi connectivity index (χ3n) is 5.00. The van der Waals surface area contributed by atoms with Gasteiger partial charge in [-0.25, -0.2) is 4.98 Å². The number of nitrogens with one attached hydrogen (secondary N) is 2. The monoisotopic (exact) mass is 542 g/mol. The number of anilines is 1. The molecule has 2 aromatic carbocycles. The Morgan fingerprint density at radius 2 is 2.04 bits per heavy atom. The summed E-state index contributed by atoms with van der Waals surface area (Å²) in [6.07, 6.45) is 0. The van der Waals surface area contributed by atoms with Crippen LogP contribution in [0.15, 0.2) is 36.4 Å². The second kappa shape index (κ2) is 7.05. The Bertz CT molecular complexity index is 1240. The minimum Gasteiger partial charge on any atom is -0.357 e. The van der Waals surface area contributed by atoms with Crippen LogP contribution in [0.2, 0.25) is 10.0 Å². The first-order valence-electron chi connectivity index (χ1n) is 8.55. The molecule has 1 unspecified atom stereocenters. The van der Waals surface area contributed by atoms with Crippen molar-refractivity contribution in [2.75, 3.05) is 11.4 Å². The number of halogens is 3. The van der Waals surface area contributed by atoms with Crippen molar-refractivity contribution in [3.05, 3.63) is 57.7 Å². The summed E-state index contributed by atoms with van der Waals surface area (Å²) in [4.78, 5) is 23.1. The molecule has 5 rings (SSSR count). The van der Waals surface area contributed by atoms with Gasteiger partial charge in [-0.05, 0) is 42.0 Å². The van der Waals surface area contributed by atoms with Crippen LogP contribution in [0.1, 0.15) is 17.2 Å². The molecule has 4 aromatic rings. The van der Waals surface area contributed by atoms with Crippen LogP contribution in [0, 0.1) is 0 Å². The average molecular weight is 543 g/mol. The molecular weight excluding hydrogens is 530 g/mol. The van der Waals surface area contributed by atoms with Crippen LogP contribution < -0.4 is 8.43 Å². The van der Waals surface area contributed by atoms with Gasteiger partial charge in [0, 0.05) is 33.2 Å². The summed E-state index contributed by atoms with van der Waals surface area (Å²) in [5.41, 5.74) is 3.94. The molecule has 0 spiro atoms. The maximum Gasteiger partial charge on any atom is 0.238 e. The molecule has 5 nitrogen and oxygen atoms in total. The van der Waals surface area contributed by atoms with Crippen LogP contribution in [0.4, 0.5) is 5.13 Å². The number of fused-ring (bicyclic) bond motifs is 4. The van der Waals surface area contributed by atoms with Gasteiger partial charge >= 0.3 is 0 Å². The number of benzene rings is 2. The Hall–Kier alpha value is -1.55. The summed E-state index contributed by atoms with van der Waals surface area (Å²) in [6, 6.07) is 11.4. The van der Waals surface area contributed by atoms with Gasteiger partial charge in [0.2, 0.25) is 5.91 Å². The van der Waals surface area contributed by atoms with E-state index in [2.05, 4.69) is 13.4 Å². The summed E-state index contributed by atoms with van der Waals surface area (Å²) in [5, 5.41) is 3.24. The number of aromatic nitrogens is 2. The zero-order valence-corrected chi connectivity index (χ0v) is 18.8. The standard InChI is InChI=1S/C19H13Cl2IN4OS/c20-9-1-3-13-11(5-9)17-12(18(27)25-22)7-26(8-15(17)23-13)19-24-14-4-2-10(21)6-16(14)28-19/h1-6,12,23H,7-8H2,(H,25,27). The van der Waals surface area contributed by atoms with E-state index in [9.17, 15) is 4.79 Å². The van der Waals surface area contributed by atoms with Gasteiger partial charge in [-0.15, -0.1) is 0 Å². The van der Waals surface area contributed by atoms with E-state index in [-0.39, 0.29) is 11.8 Å². The van der Waals surface area contributed by atoms with E-state index in [1.54, 1.807) is 11.3 Å². The van der Waals surface area contributed by atoms with Gasteiger partial charge in [0.05, 0.1) is 45.5 Å². The number of rotatable bonds is 2. The smallest absolute Gasteiger partial charge is 0.238 e. The number of hydrogen-bond acceptors (Lipinski definition) is 4. The van der Waals surface area contributed by atoms with Crippen molar-refractivity contribution in [2.24, 2.45) is 0 Å². The maximum atomic E-state index is 12.7. The fourth-order valence-corrected chi connectivity index (χ4v) is 5.58. The molecule has 2 aromatic heterocycles. The normalized spacial score (nSPS) is 16.5. The van der Waals surface area contributed by atoms with Crippen molar-refractivity contribution in [3.63, 3.8) is 0 Å². The maximum absolute atomic E-state index is 12.7. The number of carbonyl (C=O) groups is 1. The first-order valence-corrected chi connectivity index (χ1v) is 11.2. The predicted molar refractivity (Wildman–Crippen MR) is 124 cm³/mol. The molecule has 0 saturated heterocycles. The lowest BCUT2D eigenvalue weighted by atomic mass is 9.91. The topological polar surface area (TPSA) is 61.0 Å². The van der Waals surface area contributed by atoms with Crippen molar-refractivity contribution in [1.82, 2.24) is 13.5 Å². The SMILES string of the molecule is O=C(NI)C1CN(c2nc3ccc(Cl)cc3s2)Cc2[nH]c3ccc(Cl)cc3c21. The van der Waals surface area contributed by atoms with Gasteiger partial charge < -0.3 is 9.88 Å². The van der Waals surface area contributed by atoms with Crippen LogP contribution in [-0.2, 0) is 11.3 Å². The van der Waals surface area contributed by atoms with E-state index < -0.39 is 0 Å². The van der Waals surface area contributed by atoms with E-state index in [0.717, 1.165) is 37.5 Å². The van der Waals surface area contributed by atoms with Crippen molar-refractivity contribution >= 4 is 89.6 Å². The van der Waals surface area contributed by atoms with Crippen molar-refractivity contribution < 1.29 is 4.79 Å². The minimum absolute atomic E-state index is 0.0309. The van der Waals surface area contributed by atoms with Gasteiger partial charge in [0.25, 0.3) is 0 Å². The van der Waals surface area contributed by atoms with E-state index >= 15 is 0 Å². The first kappa shape index (κ1) is 18.5. The average Bonchev–Trinajstić information content (AvgIpc) is 3.27. The number of hydrogen-bond donors (Lipinski definition) is 2. The second-order valence-corrected chi connectivity index (χ2v) is 9.13. The van der Waals surface area contributed by atoms with E-state index in [1.165, 1.54) is 0 Å². The van der Waals surface area contributed by atoms with Crippen LogP contribution in [0.3, 0.4) is 0 Å². The molecule has 9 heteroatoms. The highest BCUT2D eigenvalue weighted by Crippen LogP contribution is 2.40. The second-order valence-electron chi connectivity index (χ2n) is 6.71. The fourth-order valence-electron chi connectivity index (χ4n) is 3.78. The van der Waals surface area contributed by atoms with Crippen LogP contribution in [-0.4, -0.2) is 22.4 Å². The summed E-state index contributed by atoms with van der Waals surface area (Å²) >= 11 is 15.8. The largest absolute Gasteiger partial charge is 0.357 e. The Labute approximate surface area is 188 Å². The Balaban J connectivity index is 1.63. The molecule has 3 heterocycles. The lowest BCUT2D eigenvalue weighted by Crippen LogP contribution is -2.39. The highest BCUT2D eigenvalue weighted by molar-refractivity contribution is 14.1. The summed E-state index contributed by atoms with van der Waals surface area (Å²) in [7, 11) is 0. The minimum atomic E-state index is -0.316. The van der Waals surface area contributed by atoms with Crippen molar-refractivity contribution in [2.45, 2.75) is 12.5 Å². The highest BCUT2D eigenvalue weighted by atomic mass is 127. The van der Waals surface area contributed by atoms with Crippen molar-refractivity contribution in [3.8, 4) is 0 Å². The van der Waals surface area contributed by atoms with Crippen molar-refractivity contribution in [1.29, 1.82) is 0 Å². The molecule has 1 atom stereocenters. The Morgan fingerprint density at radius 1 is 1.25 bits per heavy atom. The van der Waals surface area contributed by atoms with Gasteiger partial charge in [0.15, 0.2) is 5.13 Å². The molecule has 0 radical (unpaired) electrons. The number of aromatic amines is 1. The van der Waals surface area contributed by atoms with Gasteiger partial charge in [-0.3, -0.25) is 8.32 Å². The molecule has 0 aliphatic carbocycles. The van der Waals surface area contributed by atoms with E-state index in [1.807, 2.05) is 59.3 Å². The molecule has 2 N–H and O–H groups in total. The molecule has 0 bridgehead atoms. The van der Waals surface area contributed by atoms with Crippen LogP contribution in [0.25, 0.3) is 21.1 Å². The van der Waals surface area contributed by atoms with Crippen LogP contribution >= 0.6 is 57.4 Å². The van der Waals surface area contributed by atoms with Gasteiger partial charge in [-0.2, -0.15) is 0 Å². The molecule has 1 aliphatic heterocycles. The lowest BCUT2D eigenvalue weighted by Gasteiger charge is -2.31. The zero-order valence-electron chi connectivity index (χ0n) is 14.3. The number of amides is 1. The summed E-state index contributed by atoms with van der Waals surface area (Å²) < 4.78 is 3.81. The summed E-state index contributed by atoms with van der Waals surface area (Å²) in [5.74, 6) is -0.347. The highest BCUT2D eigenvalue weighted by Gasteiger charge is 2.34.